The van der Waals surface area contributed by atoms with Crippen LogP contribution >= 0.6 is 15.9 Å². The summed E-state index contributed by atoms with van der Waals surface area (Å²) in [6, 6.07) is 16.2. The second-order valence-electron chi connectivity index (χ2n) is 5.80. The monoisotopic (exact) mass is 382 g/mol. The second-order valence-corrected chi connectivity index (χ2v) is 6.71. The van der Waals surface area contributed by atoms with Crippen molar-refractivity contribution in [2.45, 2.75) is 20.8 Å². The van der Waals surface area contributed by atoms with Crippen LogP contribution in [0.2, 0.25) is 0 Å². The molecule has 0 bridgehead atoms. The Morgan fingerprint density at radius 3 is 2.46 bits per heavy atom. The summed E-state index contributed by atoms with van der Waals surface area (Å²) in [7, 11) is 0. The molecule has 0 radical (unpaired) electrons. The average molecular weight is 383 g/mol. The third kappa shape index (κ3) is 4.11. The van der Waals surface area contributed by atoms with E-state index in [0.717, 1.165) is 32.9 Å². The number of halogens is 1. The van der Waals surface area contributed by atoms with Crippen molar-refractivity contribution in [1.82, 2.24) is 9.97 Å². The van der Waals surface area contributed by atoms with E-state index >= 15 is 0 Å². The Kier molecular flexibility index (Phi) is 4.81. The Morgan fingerprint density at radius 1 is 0.875 bits per heavy atom. The van der Waals surface area contributed by atoms with Crippen LogP contribution in [-0.2, 0) is 0 Å². The van der Waals surface area contributed by atoms with Crippen molar-refractivity contribution in [2.75, 3.05) is 10.6 Å². The van der Waals surface area contributed by atoms with Gasteiger partial charge < -0.3 is 10.6 Å². The maximum absolute atomic E-state index is 4.57. The van der Waals surface area contributed by atoms with Gasteiger partial charge in [-0.2, -0.15) is 4.98 Å². The molecular weight excluding hydrogens is 364 g/mol. The van der Waals surface area contributed by atoms with Gasteiger partial charge in [0.25, 0.3) is 0 Å². The van der Waals surface area contributed by atoms with Crippen LogP contribution in [0, 0.1) is 20.8 Å². The average Bonchev–Trinajstić information content (AvgIpc) is 2.49. The third-order valence-corrected chi connectivity index (χ3v) is 4.07. The first-order valence-corrected chi connectivity index (χ1v) is 8.51. The fourth-order valence-electron chi connectivity index (χ4n) is 2.45. The lowest BCUT2D eigenvalue weighted by molar-refractivity contribution is 1.11. The molecular formula is C19H19BrN4. The van der Waals surface area contributed by atoms with Crippen molar-refractivity contribution in [3.63, 3.8) is 0 Å². The molecule has 0 aliphatic heterocycles. The minimum absolute atomic E-state index is 0.581. The molecule has 0 spiro atoms. The zero-order valence-electron chi connectivity index (χ0n) is 13.9. The van der Waals surface area contributed by atoms with Gasteiger partial charge in [0.15, 0.2) is 0 Å². The fourth-order valence-corrected chi connectivity index (χ4v) is 2.92. The molecule has 5 heteroatoms. The Hall–Kier alpha value is -2.40. The van der Waals surface area contributed by atoms with E-state index in [2.05, 4.69) is 68.6 Å². The number of nitrogens with zero attached hydrogens (tertiary/aromatic N) is 2. The summed E-state index contributed by atoms with van der Waals surface area (Å²) in [5.41, 5.74) is 5.24. The highest BCUT2D eigenvalue weighted by atomic mass is 79.9. The highest BCUT2D eigenvalue weighted by molar-refractivity contribution is 9.10. The van der Waals surface area contributed by atoms with Crippen molar-refractivity contribution in [2.24, 2.45) is 0 Å². The highest BCUT2D eigenvalue weighted by Gasteiger charge is 2.05. The zero-order valence-corrected chi connectivity index (χ0v) is 15.5. The minimum atomic E-state index is 0.581. The van der Waals surface area contributed by atoms with Crippen molar-refractivity contribution in [3.8, 4) is 0 Å². The molecule has 2 N–H and O–H groups in total. The Bertz CT molecular complexity index is 877. The van der Waals surface area contributed by atoms with Gasteiger partial charge in [0.2, 0.25) is 5.95 Å². The molecule has 0 atom stereocenters. The molecule has 3 rings (SSSR count). The van der Waals surface area contributed by atoms with Gasteiger partial charge in [-0.05, 0) is 62.2 Å². The SMILES string of the molecule is Cc1cccc(Nc2nc(C)cc(Nc3ccc(Br)cc3C)n2)c1. The van der Waals surface area contributed by atoms with Crippen LogP contribution in [-0.4, -0.2) is 9.97 Å². The molecule has 24 heavy (non-hydrogen) atoms. The molecule has 3 aromatic rings. The molecule has 1 aromatic heterocycles. The number of nitrogens with one attached hydrogen (secondary N) is 2. The Morgan fingerprint density at radius 2 is 1.71 bits per heavy atom. The number of aromatic nitrogens is 2. The molecule has 0 saturated heterocycles. The summed E-state index contributed by atoms with van der Waals surface area (Å²) >= 11 is 3.48. The van der Waals surface area contributed by atoms with Crippen molar-refractivity contribution in [1.29, 1.82) is 0 Å². The first-order valence-electron chi connectivity index (χ1n) is 7.72. The molecule has 2 aromatic carbocycles. The fraction of sp³-hybridized carbons (Fsp3) is 0.158. The molecule has 122 valence electrons. The predicted octanol–water partition coefficient (Wildman–Crippen LogP) is 5.65. The maximum Gasteiger partial charge on any atom is 0.229 e. The lowest BCUT2D eigenvalue weighted by Gasteiger charge is -2.12. The van der Waals surface area contributed by atoms with Gasteiger partial charge in [-0.3, -0.25) is 0 Å². The first kappa shape index (κ1) is 16.5. The Balaban J connectivity index is 1.86. The Labute approximate surface area is 150 Å². The molecule has 4 nitrogen and oxygen atoms in total. The van der Waals surface area contributed by atoms with E-state index in [-0.39, 0.29) is 0 Å². The summed E-state index contributed by atoms with van der Waals surface area (Å²) < 4.78 is 1.06. The van der Waals surface area contributed by atoms with Gasteiger partial charge in [0, 0.05) is 27.6 Å². The van der Waals surface area contributed by atoms with Crippen molar-refractivity contribution < 1.29 is 0 Å². The zero-order chi connectivity index (χ0) is 17.1. The van der Waals surface area contributed by atoms with Crippen LogP contribution in [0.15, 0.2) is 53.0 Å². The second kappa shape index (κ2) is 7.01. The molecule has 0 aliphatic carbocycles. The quantitative estimate of drug-likeness (QED) is 0.611. The standard InChI is InChI=1S/C19H19BrN4/c1-12-5-4-6-16(9-12)22-19-21-14(3)11-18(24-19)23-17-8-7-15(20)10-13(17)2/h4-11H,1-3H3,(H2,21,22,23,24). The smallest absolute Gasteiger partial charge is 0.229 e. The summed E-state index contributed by atoms with van der Waals surface area (Å²) in [5.74, 6) is 1.35. The van der Waals surface area contributed by atoms with Gasteiger partial charge in [-0.15, -0.1) is 0 Å². The van der Waals surface area contributed by atoms with Gasteiger partial charge in [0.05, 0.1) is 0 Å². The number of anilines is 4. The van der Waals surface area contributed by atoms with E-state index in [9.17, 15) is 0 Å². The normalized spacial score (nSPS) is 10.5. The van der Waals surface area contributed by atoms with Gasteiger partial charge in [-0.25, -0.2) is 4.98 Å². The molecule has 0 aliphatic rings. The van der Waals surface area contributed by atoms with Gasteiger partial charge >= 0.3 is 0 Å². The summed E-state index contributed by atoms with van der Waals surface area (Å²) in [6.45, 7) is 6.08. The van der Waals surface area contributed by atoms with E-state index in [4.69, 9.17) is 0 Å². The van der Waals surface area contributed by atoms with Crippen molar-refractivity contribution in [3.05, 3.63) is 69.8 Å². The number of hydrogen-bond acceptors (Lipinski definition) is 4. The summed E-state index contributed by atoms with van der Waals surface area (Å²) in [6.07, 6.45) is 0. The third-order valence-electron chi connectivity index (χ3n) is 3.58. The maximum atomic E-state index is 4.57. The van der Waals surface area contributed by atoms with Gasteiger partial charge in [-0.1, -0.05) is 28.1 Å². The summed E-state index contributed by atoms with van der Waals surface area (Å²) in [4.78, 5) is 9.04. The number of hydrogen-bond donors (Lipinski definition) is 2. The van der Waals surface area contributed by atoms with Crippen LogP contribution in [0.3, 0.4) is 0 Å². The lowest BCUT2D eigenvalue weighted by atomic mass is 10.2. The lowest BCUT2D eigenvalue weighted by Crippen LogP contribution is -2.03. The van der Waals surface area contributed by atoms with Crippen LogP contribution < -0.4 is 10.6 Å². The first-order chi connectivity index (χ1) is 11.5. The van der Waals surface area contributed by atoms with Crippen LogP contribution in [0.25, 0.3) is 0 Å². The topological polar surface area (TPSA) is 49.8 Å². The number of rotatable bonds is 4. The summed E-state index contributed by atoms with van der Waals surface area (Å²) in [5, 5.41) is 6.63. The molecule has 0 unspecified atom stereocenters. The van der Waals surface area contributed by atoms with Crippen LogP contribution in [0.1, 0.15) is 16.8 Å². The van der Waals surface area contributed by atoms with Gasteiger partial charge in [0.1, 0.15) is 5.82 Å². The molecule has 0 amide bonds. The molecule has 1 heterocycles. The minimum Gasteiger partial charge on any atom is -0.340 e. The van der Waals surface area contributed by atoms with Crippen LogP contribution in [0.4, 0.5) is 23.1 Å². The highest BCUT2D eigenvalue weighted by Crippen LogP contribution is 2.24. The largest absolute Gasteiger partial charge is 0.340 e. The van der Waals surface area contributed by atoms with Crippen molar-refractivity contribution >= 4 is 39.1 Å². The number of aryl methyl sites for hydroxylation is 3. The van der Waals surface area contributed by atoms with E-state index in [0.29, 0.717) is 5.95 Å². The van der Waals surface area contributed by atoms with E-state index in [1.54, 1.807) is 0 Å². The van der Waals surface area contributed by atoms with E-state index < -0.39 is 0 Å². The molecule has 0 fully saturated rings. The van der Waals surface area contributed by atoms with Crippen LogP contribution in [0.5, 0.6) is 0 Å². The van der Waals surface area contributed by atoms with E-state index in [1.165, 1.54) is 5.56 Å². The predicted molar refractivity (Wildman–Crippen MR) is 103 cm³/mol. The van der Waals surface area contributed by atoms with E-state index in [1.807, 2.05) is 37.3 Å². The number of benzene rings is 2. The molecule has 0 saturated carbocycles.